The summed E-state index contributed by atoms with van der Waals surface area (Å²) in [5.74, 6) is 2.70. The van der Waals surface area contributed by atoms with Gasteiger partial charge in [-0.1, -0.05) is 15.9 Å². The smallest absolute Gasteiger partial charge is 0.495 e. The lowest BCUT2D eigenvalue weighted by Crippen LogP contribution is -2.41. The summed E-state index contributed by atoms with van der Waals surface area (Å²) in [5, 5.41) is 2.84. The third-order valence-corrected chi connectivity index (χ3v) is 12.8. The molecule has 1 saturated heterocycles. The van der Waals surface area contributed by atoms with E-state index in [1.807, 2.05) is 33.8 Å². The maximum atomic E-state index is 12.3. The zero-order valence-electron chi connectivity index (χ0n) is 41.2. The molecular weight excluding hydrogens is 1050 g/mol. The second-order valence-electron chi connectivity index (χ2n) is 16.5. The van der Waals surface area contributed by atoms with Gasteiger partial charge in [0.15, 0.2) is 18.9 Å². The van der Waals surface area contributed by atoms with Crippen LogP contribution in [-0.2, 0) is 23.4 Å². The standard InChI is InChI=1S/C18H16N2O4.C15H21BO5.C9H7BrN2O.C9H9BrO3/c1-20-9-14(12-4-5-19-8-13(12)18(20)22)11-6-16(23-2)15(10-21)17(7-11)24-3;1-14(2)15(3,4)21-16(20-14)10-7-12(18-5)11(9-17)13(8-10)19-6;1-12-5-8(10)6-2-3-11-4-7(6)9(12)13;1-12-8-3-6(10)4-9(13-2)7(8)5-11/h4-10H,1-3H3;7-9H,1-6H3;2-5H,1H3;3-5H,1-2H3. The lowest BCUT2D eigenvalue weighted by Gasteiger charge is -2.32. The maximum Gasteiger partial charge on any atom is 0.495 e. The van der Waals surface area contributed by atoms with Gasteiger partial charge in [-0.05, 0) is 109 Å². The highest BCUT2D eigenvalue weighted by molar-refractivity contribution is 9.11. The molecule has 0 unspecified atom stereocenters. The van der Waals surface area contributed by atoms with E-state index >= 15 is 0 Å². The second kappa shape index (κ2) is 23.8. The van der Waals surface area contributed by atoms with E-state index in [1.54, 1.807) is 93.7 Å². The van der Waals surface area contributed by atoms with Crippen molar-refractivity contribution >= 4 is 84.8 Å². The van der Waals surface area contributed by atoms with E-state index in [4.69, 9.17) is 37.7 Å². The second-order valence-corrected chi connectivity index (χ2v) is 18.3. The number of hydrogen-bond acceptors (Lipinski definition) is 15. The van der Waals surface area contributed by atoms with Crippen molar-refractivity contribution in [2.45, 2.75) is 38.9 Å². The highest BCUT2D eigenvalue weighted by Gasteiger charge is 2.52. The van der Waals surface area contributed by atoms with E-state index in [1.165, 1.54) is 51.8 Å². The number of methoxy groups -OCH3 is 6. The molecule has 0 radical (unpaired) electrons. The molecule has 5 heterocycles. The molecule has 3 aromatic carbocycles. The predicted octanol–water partition coefficient (Wildman–Crippen LogP) is 8.22. The summed E-state index contributed by atoms with van der Waals surface area (Å²) in [7, 11) is 11.9. The van der Waals surface area contributed by atoms with Crippen LogP contribution in [0.4, 0.5) is 0 Å². The molecule has 0 aliphatic carbocycles. The number of aldehydes is 3. The number of carbonyl (C=O) groups excluding carboxylic acids is 3. The Hall–Kier alpha value is -6.87. The van der Waals surface area contributed by atoms with Gasteiger partial charge in [-0.2, -0.15) is 0 Å². The van der Waals surface area contributed by atoms with E-state index in [0.717, 1.165) is 36.3 Å². The summed E-state index contributed by atoms with van der Waals surface area (Å²) in [5.41, 5.74) is 2.50. The third-order valence-electron chi connectivity index (χ3n) is 11.7. The van der Waals surface area contributed by atoms with Crippen molar-refractivity contribution in [3.05, 3.63) is 132 Å². The van der Waals surface area contributed by atoms with Crippen LogP contribution in [0.3, 0.4) is 0 Å². The Morgan fingerprint density at radius 3 is 1.32 bits per heavy atom. The molecule has 1 aliphatic rings. The number of fused-ring (bicyclic) bond motifs is 2. The number of aromatic nitrogens is 4. The minimum atomic E-state index is -0.529. The van der Waals surface area contributed by atoms with Crippen LogP contribution in [0.2, 0.25) is 0 Å². The summed E-state index contributed by atoms with van der Waals surface area (Å²) in [4.78, 5) is 65.0. The largest absolute Gasteiger partial charge is 0.496 e. The number of aryl methyl sites for hydroxylation is 2. The number of hydrogen-bond donors (Lipinski definition) is 0. The average Bonchev–Trinajstić information content (AvgIpc) is 3.60. The number of ether oxygens (including phenoxy) is 6. The highest BCUT2D eigenvalue weighted by atomic mass is 79.9. The van der Waals surface area contributed by atoms with Crippen molar-refractivity contribution in [2.75, 3.05) is 42.7 Å². The molecule has 8 rings (SSSR count). The molecule has 0 saturated carbocycles. The van der Waals surface area contributed by atoms with Crippen molar-refractivity contribution in [2.24, 2.45) is 14.1 Å². The Morgan fingerprint density at radius 1 is 0.549 bits per heavy atom. The first-order chi connectivity index (χ1) is 33.8. The lowest BCUT2D eigenvalue weighted by molar-refractivity contribution is 0.00578. The summed E-state index contributed by atoms with van der Waals surface area (Å²) >= 11 is 6.68. The zero-order chi connectivity index (χ0) is 52.4. The molecule has 0 N–H and O–H groups in total. The molecule has 71 heavy (non-hydrogen) atoms. The number of benzene rings is 3. The van der Waals surface area contributed by atoms with Crippen LogP contribution < -0.4 is 45.0 Å². The van der Waals surface area contributed by atoms with Crippen molar-refractivity contribution in [1.29, 1.82) is 0 Å². The van der Waals surface area contributed by atoms with Crippen LogP contribution in [0.1, 0.15) is 58.8 Å². The average molecular weight is 1100 g/mol. The third kappa shape index (κ3) is 12.0. The Balaban J connectivity index is 0.000000182. The summed E-state index contributed by atoms with van der Waals surface area (Å²) in [6.07, 6.45) is 12.1. The molecule has 0 bridgehead atoms. The SMILES string of the molecule is COc1cc(-c2cn(C)c(=O)c3cnccc23)cc(OC)c1C=O.COc1cc(B2OC(C)(C)C(C)(C)O2)cc(OC)c1C=O.COc1cc(Br)cc(OC)c1C=O.Cn1cc(Br)c2ccncc2c1=O. The van der Waals surface area contributed by atoms with Gasteiger partial charge in [-0.3, -0.25) is 33.9 Å². The maximum absolute atomic E-state index is 12.3. The molecular formula is C51H53BBr2N4O13. The van der Waals surface area contributed by atoms with Crippen molar-refractivity contribution in [1.82, 2.24) is 19.1 Å². The van der Waals surface area contributed by atoms with Gasteiger partial charge in [0, 0.05) is 71.2 Å². The summed E-state index contributed by atoms with van der Waals surface area (Å²) < 4.78 is 48.0. The van der Waals surface area contributed by atoms with Crippen LogP contribution in [0.5, 0.6) is 34.5 Å². The van der Waals surface area contributed by atoms with Gasteiger partial charge >= 0.3 is 7.12 Å². The minimum Gasteiger partial charge on any atom is -0.496 e. The minimum absolute atomic E-state index is 0.0219. The number of rotatable bonds is 11. The van der Waals surface area contributed by atoms with E-state index in [0.29, 0.717) is 80.8 Å². The monoisotopic (exact) mass is 1100 g/mol. The zero-order valence-corrected chi connectivity index (χ0v) is 44.4. The highest BCUT2D eigenvalue weighted by Crippen LogP contribution is 2.39. The van der Waals surface area contributed by atoms with Crippen LogP contribution in [0.15, 0.2) is 104 Å². The Kier molecular flexibility index (Phi) is 18.5. The normalized spacial score (nSPS) is 13.0. The van der Waals surface area contributed by atoms with E-state index in [9.17, 15) is 24.0 Å². The molecule has 1 aliphatic heterocycles. The van der Waals surface area contributed by atoms with Gasteiger partial charge in [0.25, 0.3) is 11.1 Å². The van der Waals surface area contributed by atoms with Gasteiger partial charge in [0.05, 0.1) is 81.3 Å². The van der Waals surface area contributed by atoms with E-state index < -0.39 is 18.3 Å². The topological polar surface area (TPSA) is 195 Å². The van der Waals surface area contributed by atoms with Crippen molar-refractivity contribution < 1.29 is 52.1 Å². The molecule has 17 nitrogen and oxygen atoms in total. The van der Waals surface area contributed by atoms with E-state index in [2.05, 4.69) is 41.8 Å². The number of carbonyl (C=O) groups is 3. The quantitative estimate of drug-likeness (QED) is 0.0887. The van der Waals surface area contributed by atoms with Gasteiger partial charge in [-0.25, -0.2) is 0 Å². The molecule has 372 valence electrons. The lowest BCUT2D eigenvalue weighted by atomic mass is 9.78. The van der Waals surface area contributed by atoms with Crippen LogP contribution in [-0.4, -0.2) is 98.9 Å². The number of pyridine rings is 4. The molecule has 0 atom stereocenters. The van der Waals surface area contributed by atoms with Gasteiger partial charge in [-0.15, -0.1) is 0 Å². The summed E-state index contributed by atoms with van der Waals surface area (Å²) in [6, 6.07) is 14.0. The van der Waals surface area contributed by atoms with Crippen LogP contribution >= 0.6 is 31.9 Å². The fraction of sp³-hybridized carbons (Fsp3) is 0.275. The van der Waals surface area contributed by atoms with Crippen molar-refractivity contribution in [3.8, 4) is 45.6 Å². The Morgan fingerprint density at radius 2 is 0.915 bits per heavy atom. The first-order valence-corrected chi connectivity index (χ1v) is 23.0. The molecule has 7 aromatic rings. The first-order valence-electron chi connectivity index (χ1n) is 21.5. The van der Waals surface area contributed by atoms with Gasteiger partial charge < -0.3 is 46.9 Å². The summed E-state index contributed by atoms with van der Waals surface area (Å²) in [6.45, 7) is 7.95. The predicted molar refractivity (Wildman–Crippen MR) is 279 cm³/mol. The fourth-order valence-electron chi connectivity index (χ4n) is 7.23. The molecule has 0 spiro atoms. The van der Waals surface area contributed by atoms with Gasteiger partial charge in [0.1, 0.15) is 34.5 Å². The van der Waals surface area contributed by atoms with Gasteiger partial charge in [0.2, 0.25) is 0 Å². The molecule has 1 fully saturated rings. The fourth-order valence-corrected chi connectivity index (χ4v) is 8.30. The molecule has 20 heteroatoms. The van der Waals surface area contributed by atoms with E-state index in [-0.39, 0.29) is 11.1 Å². The Bertz CT molecular complexity index is 3120. The molecule has 4 aromatic heterocycles. The first kappa shape index (κ1) is 55.1. The number of nitrogens with zero attached hydrogens (tertiary/aromatic N) is 4. The van der Waals surface area contributed by atoms with Crippen molar-refractivity contribution in [3.63, 3.8) is 0 Å². The van der Waals surface area contributed by atoms with Crippen LogP contribution in [0.25, 0.3) is 32.7 Å². The van der Waals surface area contributed by atoms with Crippen LogP contribution in [0, 0.1) is 0 Å². The molecule has 0 amide bonds. The number of halogens is 2. The Labute approximate surface area is 427 Å².